The number of hydrogen-bond donors (Lipinski definition) is 2. The standard InChI is InChI=1S/C12H9ClN2O2S/c13-10-4-3-9(18-10)11(14)6-1-2-7-8(5-6)17-12(16)15-7/h1-5,11H,14H2,(H,15,16). The van der Waals surface area contributed by atoms with Crippen molar-refractivity contribution in [2.45, 2.75) is 6.04 Å². The molecule has 1 atom stereocenters. The predicted octanol–water partition coefficient (Wildman–Crippen LogP) is 2.88. The van der Waals surface area contributed by atoms with Gasteiger partial charge in [0.2, 0.25) is 0 Å². The van der Waals surface area contributed by atoms with E-state index in [0.29, 0.717) is 15.4 Å². The van der Waals surface area contributed by atoms with Crippen LogP contribution in [0.4, 0.5) is 0 Å². The minimum Gasteiger partial charge on any atom is -0.408 e. The molecule has 3 rings (SSSR count). The van der Waals surface area contributed by atoms with E-state index < -0.39 is 5.76 Å². The summed E-state index contributed by atoms with van der Waals surface area (Å²) in [5.74, 6) is -0.463. The van der Waals surface area contributed by atoms with Crippen LogP contribution in [0.25, 0.3) is 11.1 Å². The third-order valence-electron chi connectivity index (χ3n) is 2.70. The van der Waals surface area contributed by atoms with Crippen LogP contribution in [0, 0.1) is 0 Å². The Labute approximate surface area is 111 Å². The molecule has 2 aromatic heterocycles. The van der Waals surface area contributed by atoms with Crippen molar-refractivity contribution in [3.8, 4) is 0 Å². The van der Waals surface area contributed by atoms with E-state index in [1.54, 1.807) is 12.1 Å². The molecule has 3 N–H and O–H groups in total. The normalized spacial score (nSPS) is 13.0. The van der Waals surface area contributed by atoms with Crippen LogP contribution in [0.3, 0.4) is 0 Å². The summed E-state index contributed by atoms with van der Waals surface area (Å²) in [6.45, 7) is 0. The van der Waals surface area contributed by atoms with Gasteiger partial charge in [0.15, 0.2) is 5.58 Å². The Kier molecular flexibility index (Phi) is 2.74. The Hall–Kier alpha value is -1.56. The lowest BCUT2D eigenvalue weighted by atomic mass is 10.1. The number of nitrogens with two attached hydrogens (primary N) is 1. The SMILES string of the molecule is NC(c1ccc2[nH]c(=O)oc2c1)c1ccc(Cl)s1. The summed E-state index contributed by atoms with van der Waals surface area (Å²) >= 11 is 7.33. The first kappa shape index (κ1) is 11.5. The highest BCUT2D eigenvalue weighted by atomic mass is 35.5. The van der Waals surface area contributed by atoms with Crippen molar-refractivity contribution in [3.05, 3.63) is 55.7 Å². The lowest BCUT2D eigenvalue weighted by Gasteiger charge is -2.09. The van der Waals surface area contributed by atoms with Crippen LogP contribution in [0.2, 0.25) is 4.34 Å². The third-order valence-corrected chi connectivity index (χ3v) is 4.02. The molecule has 6 heteroatoms. The van der Waals surface area contributed by atoms with Gasteiger partial charge in [-0.2, -0.15) is 0 Å². The summed E-state index contributed by atoms with van der Waals surface area (Å²) < 4.78 is 5.71. The van der Waals surface area contributed by atoms with Crippen molar-refractivity contribution in [2.24, 2.45) is 5.73 Å². The van der Waals surface area contributed by atoms with E-state index in [1.807, 2.05) is 18.2 Å². The van der Waals surface area contributed by atoms with Crippen molar-refractivity contribution in [1.29, 1.82) is 0 Å². The maximum absolute atomic E-state index is 11.1. The Balaban J connectivity index is 2.05. The highest BCUT2D eigenvalue weighted by Crippen LogP contribution is 2.30. The molecule has 0 aliphatic heterocycles. The van der Waals surface area contributed by atoms with E-state index in [4.69, 9.17) is 21.8 Å². The number of H-pyrrole nitrogens is 1. The number of fused-ring (bicyclic) bond motifs is 1. The molecule has 0 radical (unpaired) electrons. The molecule has 1 aromatic carbocycles. The van der Waals surface area contributed by atoms with Gasteiger partial charge in [-0.05, 0) is 29.8 Å². The average molecular weight is 281 g/mol. The minimum absolute atomic E-state index is 0.271. The Morgan fingerprint density at radius 2 is 2.17 bits per heavy atom. The van der Waals surface area contributed by atoms with Crippen molar-refractivity contribution < 1.29 is 4.42 Å². The second-order valence-corrected chi connectivity index (χ2v) is 5.64. The average Bonchev–Trinajstić information content (AvgIpc) is 2.92. The summed E-state index contributed by atoms with van der Waals surface area (Å²) in [5, 5.41) is 0. The quantitative estimate of drug-likeness (QED) is 0.758. The van der Waals surface area contributed by atoms with Crippen molar-refractivity contribution >= 4 is 34.0 Å². The zero-order valence-corrected chi connectivity index (χ0v) is 10.7. The lowest BCUT2D eigenvalue weighted by Crippen LogP contribution is -2.09. The van der Waals surface area contributed by atoms with Crippen molar-refractivity contribution in [3.63, 3.8) is 0 Å². The van der Waals surface area contributed by atoms with Gasteiger partial charge in [0, 0.05) is 4.88 Å². The van der Waals surface area contributed by atoms with Gasteiger partial charge in [0.05, 0.1) is 15.9 Å². The molecule has 0 spiro atoms. The molecule has 2 heterocycles. The van der Waals surface area contributed by atoms with E-state index in [-0.39, 0.29) is 6.04 Å². The molecule has 0 saturated carbocycles. The smallest absolute Gasteiger partial charge is 0.408 e. The number of aromatic amines is 1. The number of aromatic nitrogens is 1. The number of hydrogen-bond acceptors (Lipinski definition) is 4. The van der Waals surface area contributed by atoms with Crippen LogP contribution in [-0.2, 0) is 0 Å². The van der Waals surface area contributed by atoms with Gasteiger partial charge in [-0.25, -0.2) is 4.79 Å². The van der Waals surface area contributed by atoms with Gasteiger partial charge >= 0.3 is 5.76 Å². The molecule has 4 nitrogen and oxygen atoms in total. The van der Waals surface area contributed by atoms with Gasteiger partial charge in [0.25, 0.3) is 0 Å². The molecule has 3 aromatic rings. The van der Waals surface area contributed by atoms with E-state index in [9.17, 15) is 4.79 Å². The van der Waals surface area contributed by atoms with Crippen LogP contribution in [-0.4, -0.2) is 4.98 Å². The number of halogens is 1. The van der Waals surface area contributed by atoms with E-state index in [2.05, 4.69) is 4.98 Å². The number of oxazole rings is 1. The molecular formula is C12H9ClN2O2S. The van der Waals surface area contributed by atoms with Gasteiger partial charge in [0.1, 0.15) is 0 Å². The fraction of sp³-hybridized carbons (Fsp3) is 0.0833. The summed E-state index contributed by atoms with van der Waals surface area (Å²) in [6.07, 6.45) is 0. The zero-order chi connectivity index (χ0) is 12.7. The molecule has 92 valence electrons. The Bertz CT molecular complexity index is 759. The van der Waals surface area contributed by atoms with Crippen LogP contribution in [0.5, 0.6) is 0 Å². The molecular weight excluding hydrogens is 272 g/mol. The fourth-order valence-corrected chi connectivity index (χ4v) is 2.91. The van der Waals surface area contributed by atoms with Crippen LogP contribution in [0.15, 0.2) is 39.5 Å². The Morgan fingerprint density at radius 3 is 2.89 bits per heavy atom. The molecule has 18 heavy (non-hydrogen) atoms. The molecule has 0 bridgehead atoms. The second-order valence-electron chi connectivity index (χ2n) is 3.89. The highest BCUT2D eigenvalue weighted by Gasteiger charge is 2.13. The number of rotatable bonds is 2. The second kappa shape index (κ2) is 4.28. The van der Waals surface area contributed by atoms with Crippen LogP contribution >= 0.6 is 22.9 Å². The maximum Gasteiger partial charge on any atom is 0.417 e. The molecule has 0 amide bonds. The third kappa shape index (κ3) is 1.96. The molecule has 0 aliphatic rings. The van der Waals surface area contributed by atoms with Gasteiger partial charge in [-0.3, -0.25) is 4.98 Å². The van der Waals surface area contributed by atoms with Gasteiger partial charge < -0.3 is 10.2 Å². The zero-order valence-electron chi connectivity index (χ0n) is 9.14. The van der Waals surface area contributed by atoms with E-state index >= 15 is 0 Å². The van der Waals surface area contributed by atoms with Gasteiger partial charge in [-0.15, -0.1) is 11.3 Å². The minimum atomic E-state index is -0.463. The van der Waals surface area contributed by atoms with Crippen LogP contribution < -0.4 is 11.5 Å². The molecule has 0 saturated heterocycles. The highest BCUT2D eigenvalue weighted by molar-refractivity contribution is 7.16. The molecule has 1 unspecified atom stereocenters. The van der Waals surface area contributed by atoms with Crippen molar-refractivity contribution in [1.82, 2.24) is 4.98 Å². The first-order chi connectivity index (χ1) is 8.63. The summed E-state index contributed by atoms with van der Waals surface area (Å²) in [5.41, 5.74) is 8.20. The molecule has 0 aliphatic carbocycles. The number of thiophene rings is 1. The van der Waals surface area contributed by atoms with Crippen molar-refractivity contribution in [2.75, 3.05) is 0 Å². The predicted molar refractivity (Wildman–Crippen MR) is 72.2 cm³/mol. The lowest BCUT2D eigenvalue weighted by molar-refractivity contribution is 0.555. The summed E-state index contributed by atoms with van der Waals surface area (Å²) in [7, 11) is 0. The number of benzene rings is 1. The monoisotopic (exact) mass is 280 g/mol. The Morgan fingerprint density at radius 1 is 1.33 bits per heavy atom. The number of nitrogens with one attached hydrogen (secondary N) is 1. The summed E-state index contributed by atoms with van der Waals surface area (Å²) in [6, 6.07) is 8.86. The fourth-order valence-electron chi connectivity index (χ4n) is 1.82. The maximum atomic E-state index is 11.1. The summed E-state index contributed by atoms with van der Waals surface area (Å²) in [4.78, 5) is 14.6. The van der Waals surface area contributed by atoms with E-state index in [1.165, 1.54) is 11.3 Å². The first-order valence-corrected chi connectivity index (χ1v) is 6.46. The first-order valence-electron chi connectivity index (χ1n) is 5.27. The largest absolute Gasteiger partial charge is 0.417 e. The van der Waals surface area contributed by atoms with E-state index in [0.717, 1.165) is 10.4 Å². The topological polar surface area (TPSA) is 72.0 Å². The molecule has 0 fully saturated rings. The van der Waals surface area contributed by atoms with Gasteiger partial charge in [-0.1, -0.05) is 17.7 Å². The van der Waals surface area contributed by atoms with Crippen LogP contribution in [0.1, 0.15) is 16.5 Å².